The molecule has 0 aromatic carbocycles. The molecule has 1 aromatic rings. The van der Waals surface area contributed by atoms with Crippen molar-refractivity contribution >= 4 is 22.7 Å². The van der Waals surface area contributed by atoms with Gasteiger partial charge in [0.15, 0.2) is 0 Å². The number of halogens is 2. The van der Waals surface area contributed by atoms with Gasteiger partial charge in [-0.2, -0.15) is 4.37 Å². The average molecular weight is 331 g/mol. The standard InChI is InChI=1S/C13H19F2N5OS/c1-10-16-11(22-17-10)18-6-8-20(9-7-18)12(21)19-4-2-13(14,15)3-5-19/h2-9H2,1H3. The number of anilines is 1. The summed E-state index contributed by atoms with van der Waals surface area (Å²) in [4.78, 5) is 22.1. The first kappa shape index (κ1) is 15.4. The van der Waals surface area contributed by atoms with Gasteiger partial charge in [0.1, 0.15) is 5.82 Å². The molecular weight excluding hydrogens is 312 g/mol. The molecule has 0 atom stereocenters. The van der Waals surface area contributed by atoms with Gasteiger partial charge in [0, 0.05) is 63.6 Å². The minimum atomic E-state index is -2.62. The van der Waals surface area contributed by atoms with Crippen LogP contribution in [0.15, 0.2) is 0 Å². The van der Waals surface area contributed by atoms with E-state index < -0.39 is 5.92 Å². The van der Waals surface area contributed by atoms with Crippen molar-refractivity contribution in [1.82, 2.24) is 19.2 Å². The van der Waals surface area contributed by atoms with Crippen molar-refractivity contribution < 1.29 is 13.6 Å². The van der Waals surface area contributed by atoms with Crippen molar-refractivity contribution in [1.29, 1.82) is 0 Å². The Morgan fingerprint density at radius 3 is 2.23 bits per heavy atom. The van der Waals surface area contributed by atoms with Crippen molar-refractivity contribution in [2.24, 2.45) is 0 Å². The number of piperazine rings is 1. The summed E-state index contributed by atoms with van der Waals surface area (Å²) in [6.07, 6.45) is -0.467. The quantitative estimate of drug-likeness (QED) is 0.788. The van der Waals surface area contributed by atoms with Gasteiger partial charge >= 0.3 is 6.03 Å². The van der Waals surface area contributed by atoms with Gasteiger partial charge in [-0.15, -0.1) is 0 Å². The van der Waals surface area contributed by atoms with Crippen LogP contribution in [0.25, 0.3) is 0 Å². The number of likely N-dealkylation sites (tertiary alicyclic amines) is 1. The lowest BCUT2D eigenvalue weighted by Gasteiger charge is -2.39. The largest absolute Gasteiger partial charge is 0.343 e. The number of carbonyl (C=O) groups excluding carboxylic acids is 1. The third-order valence-electron chi connectivity index (χ3n) is 4.10. The van der Waals surface area contributed by atoms with E-state index in [1.54, 1.807) is 9.80 Å². The molecular formula is C13H19F2N5OS. The Balaban J connectivity index is 1.52. The van der Waals surface area contributed by atoms with Crippen LogP contribution in [-0.2, 0) is 0 Å². The van der Waals surface area contributed by atoms with Crippen molar-refractivity contribution in [3.05, 3.63) is 5.82 Å². The molecule has 2 aliphatic heterocycles. The number of hydrogen-bond acceptors (Lipinski definition) is 5. The highest BCUT2D eigenvalue weighted by Gasteiger charge is 2.37. The van der Waals surface area contributed by atoms with Crippen LogP contribution in [-0.4, -0.2) is 70.4 Å². The maximum atomic E-state index is 13.2. The molecule has 3 heterocycles. The van der Waals surface area contributed by atoms with Crippen LogP contribution in [0, 0.1) is 6.92 Å². The molecule has 0 bridgehead atoms. The summed E-state index contributed by atoms with van der Waals surface area (Å²) >= 11 is 1.36. The second kappa shape index (κ2) is 5.94. The van der Waals surface area contributed by atoms with E-state index in [1.165, 1.54) is 11.5 Å². The summed E-state index contributed by atoms with van der Waals surface area (Å²) in [6.45, 7) is 4.71. The molecule has 0 unspecified atom stereocenters. The topological polar surface area (TPSA) is 52.6 Å². The number of carbonyl (C=O) groups is 1. The predicted octanol–water partition coefficient (Wildman–Crippen LogP) is 1.82. The highest BCUT2D eigenvalue weighted by molar-refractivity contribution is 7.09. The molecule has 0 N–H and O–H groups in total. The van der Waals surface area contributed by atoms with E-state index in [-0.39, 0.29) is 32.0 Å². The average Bonchev–Trinajstić information content (AvgIpc) is 2.93. The first-order valence-corrected chi connectivity index (χ1v) is 8.19. The van der Waals surface area contributed by atoms with E-state index in [2.05, 4.69) is 14.3 Å². The van der Waals surface area contributed by atoms with E-state index in [4.69, 9.17) is 0 Å². The molecule has 9 heteroatoms. The maximum absolute atomic E-state index is 13.2. The molecule has 0 radical (unpaired) electrons. The molecule has 6 nitrogen and oxygen atoms in total. The van der Waals surface area contributed by atoms with Crippen LogP contribution >= 0.6 is 11.5 Å². The van der Waals surface area contributed by atoms with Crippen molar-refractivity contribution in [3.63, 3.8) is 0 Å². The zero-order valence-electron chi connectivity index (χ0n) is 12.5. The van der Waals surface area contributed by atoms with E-state index in [0.29, 0.717) is 26.2 Å². The molecule has 122 valence electrons. The first-order valence-electron chi connectivity index (χ1n) is 7.41. The van der Waals surface area contributed by atoms with Crippen LogP contribution < -0.4 is 4.90 Å². The Morgan fingerprint density at radius 1 is 1.09 bits per heavy atom. The van der Waals surface area contributed by atoms with Crippen LogP contribution in [0.4, 0.5) is 18.7 Å². The Kier molecular flexibility index (Phi) is 4.16. The summed E-state index contributed by atoms with van der Waals surface area (Å²) in [7, 11) is 0. The highest BCUT2D eigenvalue weighted by atomic mass is 32.1. The van der Waals surface area contributed by atoms with Gasteiger partial charge in [-0.1, -0.05) is 0 Å². The van der Waals surface area contributed by atoms with Gasteiger partial charge in [0.2, 0.25) is 5.13 Å². The summed E-state index contributed by atoms with van der Waals surface area (Å²) in [5, 5.41) is 0.877. The fourth-order valence-electron chi connectivity index (χ4n) is 2.73. The molecule has 2 aliphatic rings. The highest BCUT2D eigenvalue weighted by Crippen LogP contribution is 2.28. The number of urea groups is 1. The van der Waals surface area contributed by atoms with Crippen molar-refractivity contribution in [3.8, 4) is 0 Å². The molecule has 0 spiro atoms. The number of amides is 2. The number of hydrogen-bond donors (Lipinski definition) is 0. The Morgan fingerprint density at radius 2 is 1.68 bits per heavy atom. The van der Waals surface area contributed by atoms with E-state index in [0.717, 1.165) is 11.0 Å². The monoisotopic (exact) mass is 331 g/mol. The Labute approximate surface area is 131 Å². The molecule has 0 aliphatic carbocycles. The van der Waals surface area contributed by atoms with E-state index in [9.17, 15) is 13.6 Å². The normalized spacial score (nSPS) is 22.0. The SMILES string of the molecule is Cc1nsc(N2CCN(C(=O)N3CCC(F)(F)CC3)CC2)n1. The summed E-state index contributed by atoms with van der Waals surface area (Å²) in [5.74, 6) is -1.86. The summed E-state index contributed by atoms with van der Waals surface area (Å²) in [6, 6.07) is -0.122. The number of piperidine rings is 1. The fourth-order valence-corrected chi connectivity index (χ4v) is 3.45. The smallest absolute Gasteiger partial charge is 0.320 e. The van der Waals surface area contributed by atoms with Crippen LogP contribution in [0.5, 0.6) is 0 Å². The van der Waals surface area contributed by atoms with Crippen LogP contribution in [0.2, 0.25) is 0 Å². The second-order valence-corrected chi connectivity index (χ2v) is 6.45. The lowest BCUT2D eigenvalue weighted by Crippen LogP contribution is -2.55. The molecule has 2 saturated heterocycles. The van der Waals surface area contributed by atoms with Gasteiger partial charge < -0.3 is 14.7 Å². The third kappa shape index (κ3) is 3.29. The number of aryl methyl sites for hydroxylation is 1. The molecule has 0 saturated carbocycles. The second-order valence-electron chi connectivity index (χ2n) is 5.72. The van der Waals surface area contributed by atoms with Crippen LogP contribution in [0.3, 0.4) is 0 Å². The first-order chi connectivity index (χ1) is 10.4. The number of alkyl halides is 2. The van der Waals surface area contributed by atoms with Gasteiger partial charge in [0.25, 0.3) is 5.92 Å². The van der Waals surface area contributed by atoms with Crippen LogP contribution in [0.1, 0.15) is 18.7 Å². The van der Waals surface area contributed by atoms with Gasteiger partial charge in [0.05, 0.1) is 0 Å². The van der Waals surface area contributed by atoms with Crippen molar-refractivity contribution in [2.45, 2.75) is 25.7 Å². The Hall–Kier alpha value is -1.51. The van der Waals surface area contributed by atoms with E-state index >= 15 is 0 Å². The molecule has 2 fully saturated rings. The summed E-state index contributed by atoms with van der Waals surface area (Å²) < 4.78 is 30.5. The molecule has 22 heavy (non-hydrogen) atoms. The maximum Gasteiger partial charge on any atom is 0.320 e. The predicted molar refractivity (Wildman–Crippen MR) is 79.6 cm³/mol. The molecule has 2 amide bonds. The number of aromatic nitrogens is 2. The number of nitrogens with zero attached hydrogens (tertiary/aromatic N) is 5. The van der Waals surface area contributed by atoms with Crippen molar-refractivity contribution in [2.75, 3.05) is 44.2 Å². The molecule has 1 aromatic heterocycles. The van der Waals surface area contributed by atoms with E-state index in [1.807, 2.05) is 6.92 Å². The van der Waals surface area contributed by atoms with Gasteiger partial charge in [-0.3, -0.25) is 0 Å². The molecule has 3 rings (SSSR count). The zero-order valence-corrected chi connectivity index (χ0v) is 13.3. The Bertz CT molecular complexity index is 534. The summed E-state index contributed by atoms with van der Waals surface area (Å²) in [5.41, 5.74) is 0. The third-order valence-corrected chi connectivity index (χ3v) is 4.97. The number of rotatable bonds is 1. The minimum Gasteiger partial charge on any atom is -0.343 e. The fraction of sp³-hybridized carbons (Fsp3) is 0.769. The van der Waals surface area contributed by atoms with Gasteiger partial charge in [-0.05, 0) is 6.92 Å². The minimum absolute atomic E-state index is 0.122. The lowest BCUT2D eigenvalue weighted by atomic mass is 10.1. The van der Waals surface area contributed by atoms with Gasteiger partial charge in [-0.25, -0.2) is 18.6 Å². The lowest BCUT2D eigenvalue weighted by molar-refractivity contribution is -0.0492. The zero-order chi connectivity index (χ0) is 15.7.